The van der Waals surface area contributed by atoms with E-state index in [2.05, 4.69) is 0 Å². The van der Waals surface area contributed by atoms with E-state index in [1.807, 2.05) is 27.7 Å². The van der Waals surface area contributed by atoms with Crippen LogP contribution in [0.3, 0.4) is 0 Å². The monoisotopic (exact) mass is 455 g/mol. The van der Waals surface area contributed by atoms with E-state index in [4.69, 9.17) is 9.47 Å². The number of amides is 1. The molecule has 7 heteroatoms. The Hall–Kier alpha value is -3.19. The van der Waals surface area contributed by atoms with Crippen molar-refractivity contribution in [1.29, 1.82) is 0 Å². The third kappa shape index (κ3) is 5.60. The van der Waals surface area contributed by atoms with Gasteiger partial charge in [0.05, 0.1) is 30.9 Å². The van der Waals surface area contributed by atoms with Gasteiger partial charge in [-0.3, -0.25) is 9.59 Å². The fourth-order valence-electron chi connectivity index (χ4n) is 3.65. The zero-order chi connectivity index (χ0) is 24.1. The lowest BCUT2D eigenvalue weighted by atomic mass is 9.95. The van der Waals surface area contributed by atoms with Crippen LogP contribution in [0.25, 0.3) is 5.76 Å². The van der Waals surface area contributed by atoms with Gasteiger partial charge in [-0.1, -0.05) is 32.0 Å². The van der Waals surface area contributed by atoms with Gasteiger partial charge in [0.25, 0.3) is 11.7 Å². The number of Topliss-reactive ketones (excluding diaryl/α,β-unsaturated/α-hetero) is 1. The van der Waals surface area contributed by atoms with Gasteiger partial charge < -0.3 is 19.5 Å². The predicted octanol–water partition coefficient (Wildman–Crippen LogP) is 4.71. The number of hydrogen-bond donors (Lipinski definition) is 1. The molecule has 0 spiro atoms. The summed E-state index contributed by atoms with van der Waals surface area (Å²) in [6, 6.07) is 11.5. The molecular weight excluding hydrogens is 425 g/mol. The molecule has 3 rings (SSSR count). The zero-order valence-electron chi connectivity index (χ0n) is 19.4. The molecule has 0 radical (unpaired) electrons. The quantitative estimate of drug-likeness (QED) is 0.337. The number of hydrogen-bond acceptors (Lipinski definition) is 5. The van der Waals surface area contributed by atoms with Crippen LogP contribution in [0.1, 0.15) is 44.9 Å². The Morgan fingerprint density at radius 1 is 1.06 bits per heavy atom. The molecule has 2 aromatic rings. The van der Waals surface area contributed by atoms with Crippen LogP contribution in [0.4, 0.5) is 4.39 Å². The fourth-order valence-corrected chi connectivity index (χ4v) is 3.65. The Morgan fingerprint density at radius 2 is 1.73 bits per heavy atom. The summed E-state index contributed by atoms with van der Waals surface area (Å²) < 4.78 is 26.0. The predicted molar refractivity (Wildman–Crippen MR) is 123 cm³/mol. The van der Waals surface area contributed by atoms with Crippen molar-refractivity contribution in [3.63, 3.8) is 0 Å². The molecule has 1 atom stereocenters. The van der Waals surface area contributed by atoms with E-state index in [0.29, 0.717) is 23.8 Å². The summed E-state index contributed by atoms with van der Waals surface area (Å²) in [4.78, 5) is 27.1. The maximum absolute atomic E-state index is 14.8. The summed E-state index contributed by atoms with van der Waals surface area (Å²) in [5.74, 6) is -1.60. The molecule has 0 aromatic heterocycles. The topological polar surface area (TPSA) is 76.1 Å². The second-order valence-electron chi connectivity index (χ2n) is 8.66. The molecule has 1 unspecified atom stereocenters. The Balaban J connectivity index is 2.01. The first kappa shape index (κ1) is 24.5. The van der Waals surface area contributed by atoms with Gasteiger partial charge in [-0.2, -0.15) is 0 Å². The van der Waals surface area contributed by atoms with Crippen LogP contribution in [0.2, 0.25) is 0 Å². The van der Waals surface area contributed by atoms with Crippen LogP contribution in [-0.2, 0) is 14.3 Å². The third-order valence-corrected chi connectivity index (χ3v) is 5.23. The molecule has 1 fully saturated rings. The summed E-state index contributed by atoms with van der Waals surface area (Å²) in [5.41, 5.74) is 0.329. The summed E-state index contributed by atoms with van der Waals surface area (Å²) in [5, 5.41) is 11.1. The van der Waals surface area contributed by atoms with Crippen molar-refractivity contribution in [2.45, 2.75) is 39.8 Å². The molecule has 0 saturated carbocycles. The van der Waals surface area contributed by atoms with E-state index < -0.39 is 23.5 Å². The molecule has 1 heterocycles. The molecular formula is C26H30FNO5. The van der Waals surface area contributed by atoms with Gasteiger partial charge in [0.15, 0.2) is 0 Å². The van der Waals surface area contributed by atoms with Gasteiger partial charge in [-0.25, -0.2) is 4.39 Å². The van der Waals surface area contributed by atoms with Crippen molar-refractivity contribution in [2.75, 3.05) is 19.8 Å². The number of benzene rings is 2. The van der Waals surface area contributed by atoms with Gasteiger partial charge in [-0.05, 0) is 50.1 Å². The largest absolute Gasteiger partial charge is 0.507 e. The van der Waals surface area contributed by atoms with Crippen LogP contribution in [0.15, 0.2) is 54.1 Å². The minimum absolute atomic E-state index is 0.0647. The Labute approximate surface area is 193 Å². The smallest absolute Gasteiger partial charge is 0.295 e. The fraction of sp³-hybridized carbons (Fsp3) is 0.385. The molecule has 1 aliphatic rings. The van der Waals surface area contributed by atoms with Crippen LogP contribution in [0.5, 0.6) is 5.75 Å². The maximum atomic E-state index is 14.8. The highest BCUT2D eigenvalue weighted by Crippen LogP contribution is 2.40. The third-order valence-electron chi connectivity index (χ3n) is 5.23. The molecule has 0 aliphatic carbocycles. The molecule has 2 aromatic carbocycles. The van der Waals surface area contributed by atoms with Gasteiger partial charge in [-0.15, -0.1) is 0 Å². The molecule has 1 amide bonds. The first-order valence-corrected chi connectivity index (χ1v) is 11.1. The van der Waals surface area contributed by atoms with Crippen molar-refractivity contribution in [3.05, 3.63) is 71.0 Å². The lowest BCUT2D eigenvalue weighted by molar-refractivity contribution is -0.140. The van der Waals surface area contributed by atoms with Crippen molar-refractivity contribution in [1.82, 2.24) is 4.90 Å². The van der Waals surface area contributed by atoms with Crippen LogP contribution in [0, 0.1) is 11.7 Å². The number of likely N-dealkylation sites (tertiary alicyclic amines) is 1. The van der Waals surface area contributed by atoms with Crippen LogP contribution in [-0.4, -0.2) is 47.6 Å². The molecule has 33 heavy (non-hydrogen) atoms. The van der Waals surface area contributed by atoms with Crippen molar-refractivity contribution in [2.24, 2.45) is 5.92 Å². The van der Waals surface area contributed by atoms with Gasteiger partial charge in [0.2, 0.25) is 0 Å². The average molecular weight is 456 g/mol. The second-order valence-corrected chi connectivity index (χ2v) is 8.66. The number of carbonyl (C=O) groups is 2. The molecule has 1 N–H and O–H groups in total. The van der Waals surface area contributed by atoms with Crippen LogP contribution >= 0.6 is 0 Å². The normalized spacial score (nSPS) is 17.9. The van der Waals surface area contributed by atoms with Crippen molar-refractivity contribution < 1.29 is 28.6 Å². The van der Waals surface area contributed by atoms with Gasteiger partial charge in [0, 0.05) is 17.7 Å². The second kappa shape index (κ2) is 10.6. The summed E-state index contributed by atoms with van der Waals surface area (Å²) in [6.45, 7) is 8.59. The molecule has 176 valence electrons. The maximum Gasteiger partial charge on any atom is 0.295 e. The molecule has 1 aliphatic heterocycles. The molecule has 0 bridgehead atoms. The SMILES string of the molecule is CC(C)COc1ccc(/C(O)=C2/C(=O)C(=O)N(CCOC(C)C)C2c2ccccc2F)cc1. The summed E-state index contributed by atoms with van der Waals surface area (Å²) in [7, 11) is 0. The first-order valence-electron chi connectivity index (χ1n) is 11.1. The molecule has 1 saturated heterocycles. The number of aliphatic hydroxyl groups is 1. The summed E-state index contributed by atoms with van der Waals surface area (Å²) in [6.07, 6.45) is -0.0647. The van der Waals surface area contributed by atoms with E-state index in [9.17, 15) is 19.1 Å². The highest BCUT2D eigenvalue weighted by atomic mass is 19.1. The van der Waals surface area contributed by atoms with Crippen LogP contribution < -0.4 is 4.74 Å². The van der Waals surface area contributed by atoms with Gasteiger partial charge >= 0.3 is 0 Å². The number of halogens is 1. The lowest BCUT2D eigenvalue weighted by Gasteiger charge is -2.26. The Kier molecular flexibility index (Phi) is 7.87. The Morgan fingerprint density at radius 3 is 2.33 bits per heavy atom. The number of ether oxygens (including phenoxy) is 2. The van der Waals surface area contributed by atoms with E-state index >= 15 is 0 Å². The van der Waals surface area contributed by atoms with Gasteiger partial charge in [0.1, 0.15) is 17.3 Å². The highest BCUT2D eigenvalue weighted by Gasteiger charge is 2.46. The minimum Gasteiger partial charge on any atom is -0.507 e. The van der Waals surface area contributed by atoms with Crippen molar-refractivity contribution in [3.8, 4) is 5.75 Å². The van der Waals surface area contributed by atoms with E-state index in [0.717, 1.165) is 0 Å². The van der Waals surface area contributed by atoms with Crippen molar-refractivity contribution >= 4 is 17.4 Å². The first-order chi connectivity index (χ1) is 15.7. The number of carbonyl (C=O) groups excluding carboxylic acids is 2. The number of nitrogens with zero attached hydrogens (tertiary/aromatic N) is 1. The zero-order valence-corrected chi connectivity index (χ0v) is 19.4. The summed E-state index contributed by atoms with van der Waals surface area (Å²) >= 11 is 0. The number of rotatable bonds is 9. The van der Waals surface area contributed by atoms with E-state index in [1.165, 1.54) is 23.1 Å². The lowest BCUT2D eigenvalue weighted by Crippen LogP contribution is -2.33. The van der Waals surface area contributed by atoms with E-state index in [1.54, 1.807) is 30.3 Å². The van der Waals surface area contributed by atoms with E-state index in [-0.39, 0.29) is 36.2 Å². The minimum atomic E-state index is -1.06. The Bertz CT molecular complexity index is 1030. The number of ketones is 1. The average Bonchev–Trinajstić information content (AvgIpc) is 3.02. The molecule has 6 nitrogen and oxygen atoms in total. The number of aliphatic hydroxyl groups excluding tert-OH is 1. The highest BCUT2D eigenvalue weighted by molar-refractivity contribution is 6.46. The standard InChI is InChI=1S/C26H30FNO5/c1-16(2)15-33-19-11-9-18(10-12-19)24(29)22-23(20-7-5-6-8-21(20)27)28(26(31)25(22)30)13-14-32-17(3)4/h5-12,16-17,23,29H,13-15H2,1-4H3/b24-22-.